The Morgan fingerprint density at radius 1 is 1.20 bits per heavy atom. The van der Waals surface area contributed by atoms with Crippen molar-refractivity contribution >= 4 is 25.1 Å². The first-order valence-electron chi connectivity index (χ1n) is 4.95. The van der Waals surface area contributed by atoms with Gasteiger partial charge in [0.05, 0.1) is 0 Å². The highest BCUT2D eigenvalue weighted by atomic mass is 32.2. The molecule has 1 saturated heterocycles. The van der Waals surface area contributed by atoms with E-state index in [9.17, 15) is 0 Å². The molecular weight excluding hydrogens is 209 g/mol. The molecule has 0 aliphatic carbocycles. The summed E-state index contributed by atoms with van der Waals surface area (Å²) in [5.41, 5.74) is 1.22. The van der Waals surface area contributed by atoms with E-state index in [0.717, 1.165) is 13.1 Å². The van der Waals surface area contributed by atoms with Crippen molar-refractivity contribution in [3.05, 3.63) is 24.3 Å². The predicted molar refractivity (Wildman–Crippen MR) is 64.6 cm³/mol. The van der Waals surface area contributed by atoms with Crippen LogP contribution < -0.4 is 9.55 Å². The van der Waals surface area contributed by atoms with Gasteiger partial charge in [0.2, 0.25) is 0 Å². The minimum Gasteiger partial charge on any atom is -0.537 e. The minimum absolute atomic E-state index is 0.660. The van der Waals surface area contributed by atoms with Gasteiger partial charge in [0.15, 0.2) is 0 Å². The molecule has 0 bridgehead atoms. The van der Waals surface area contributed by atoms with Gasteiger partial charge in [-0.05, 0) is 24.3 Å². The molecular formula is C10H13BNO2S. The first-order valence-corrected chi connectivity index (χ1v) is 6.11. The third-order valence-electron chi connectivity index (χ3n) is 2.40. The summed E-state index contributed by atoms with van der Waals surface area (Å²) in [4.78, 5) is 2.36. The topological polar surface area (TPSA) is 32.7 Å². The second kappa shape index (κ2) is 5.33. The molecule has 1 N–H and O–H groups in total. The van der Waals surface area contributed by atoms with Crippen LogP contribution in [0.5, 0.6) is 5.75 Å². The Kier molecular flexibility index (Phi) is 3.80. The van der Waals surface area contributed by atoms with Gasteiger partial charge in [-0.2, -0.15) is 11.8 Å². The summed E-state index contributed by atoms with van der Waals surface area (Å²) in [6.45, 7) is 2.22. The van der Waals surface area contributed by atoms with Crippen molar-refractivity contribution in [2.75, 3.05) is 29.5 Å². The van der Waals surface area contributed by atoms with E-state index in [0.29, 0.717) is 13.4 Å². The van der Waals surface area contributed by atoms with Crippen LogP contribution in [-0.4, -0.2) is 37.3 Å². The van der Waals surface area contributed by atoms with Crippen molar-refractivity contribution in [2.45, 2.75) is 0 Å². The molecule has 5 heteroatoms. The van der Waals surface area contributed by atoms with Crippen molar-refractivity contribution in [2.24, 2.45) is 0 Å². The molecule has 79 valence electrons. The highest BCUT2D eigenvalue weighted by molar-refractivity contribution is 7.99. The van der Waals surface area contributed by atoms with Crippen LogP contribution >= 0.6 is 11.8 Å². The maximum Gasteiger partial charge on any atom is 0.569 e. The molecule has 0 atom stereocenters. The van der Waals surface area contributed by atoms with Gasteiger partial charge in [-0.25, -0.2) is 0 Å². The first kappa shape index (κ1) is 10.7. The van der Waals surface area contributed by atoms with Crippen molar-refractivity contribution in [3.63, 3.8) is 0 Å². The molecule has 1 fully saturated rings. The third kappa shape index (κ3) is 2.82. The normalized spacial score (nSPS) is 16.2. The molecule has 1 heterocycles. The van der Waals surface area contributed by atoms with E-state index in [1.807, 2.05) is 36.0 Å². The fraction of sp³-hybridized carbons (Fsp3) is 0.400. The van der Waals surface area contributed by atoms with Gasteiger partial charge < -0.3 is 14.6 Å². The number of thioether (sulfide) groups is 1. The first-order chi connectivity index (χ1) is 7.40. The van der Waals surface area contributed by atoms with Crippen molar-refractivity contribution in [1.82, 2.24) is 0 Å². The van der Waals surface area contributed by atoms with Crippen molar-refractivity contribution in [3.8, 4) is 5.75 Å². The van der Waals surface area contributed by atoms with Crippen LogP contribution in [0.25, 0.3) is 0 Å². The largest absolute Gasteiger partial charge is 0.569 e. The Morgan fingerprint density at radius 3 is 2.47 bits per heavy atom. The van der Waals surface area contributed by atoms with Crippen LogP contribution in [0.1, 0.15) is 0 Å². The van der Waals surface area contributed by atoms with Crippen LogP contribution in [0.2, 0.25) is 0 Å². The Hall–Kier alpha value is -0.805. The molecule has 1 aliphatic heterocycles. The van der Waals surface area contributed by atoms with E-state index in [1.54, 1.807) is 0 Å². The SMILES string of the molecule is O[B]Oc1ccc(N2CCSCC2)cc1. The zero-order valence-corrected chi connectivity index (χ0v) is 9.24. The van der Waals surface area contributed by atoms with E-state index in [4.69, 9.17) is 9.68 Å². The fourth-order valence-electron chi connectivity index (χ4n) is 1.62. The summed E-state index contributed by atoms with van der Waals surface area (Å²) in [6, 6.07) is 7.78. The zero-order valence-electron chi connectivity index (χ0n) is 8.43. The predicted octanol–water partition coefficient (Wildman–Crippen LogP) is 1.15. The summed E-state index contributed by atoms with van der Waals surface area (Å²) >= 11 is 2.00. The highest BCUT2D eigenvalue weighted by Gasteiger charge is 2.10. The second-order valence-corrected chi connectivity index (χ2v) is 4.54. The number of hydrogen-bond donors (Lipinski definition) is 1. The van der Waals surface area contributed by atoms with Crippen LogP contribution in [0.15, 0.2) is 24.3 Å². The quantitative estimate of drug-likeness (QED) is 0.777. The average Bonchev–Trinajstić information content (AvgIpc) is 2.32. The molecule has 0 saturated carbocycles. The Labute approximate surface area is 94.7 Å². The van der Waals surface area contributed by atoms with Crippen molar-refractivity contribution < 1.29 is 9.68 Å². The van der Waals surface area contributed by atoms with E-state index in [-0.39, 0.29) is 0 Å². The summed E-state index contributed by atoms with van der Waals surface area (Å²) in [5.74, 6) is 3.05. The number of anilines is 1. The summed E-state index contributed by atoms with van der Waals surface area (Å²) in [5, 5.41) is 8.48. The summed E-state index contributed by atoms with van der Waals surface area (Å²) in [7, 11) is 0.701. The number of rotatable bonds is 3. The van der Waals surface area contributed by atoms with Crippen LogP contribution in [0.3, 0.4) is 0 Å². The molecule has 1 aliphatic rings. The van der Waals surface area contributed by atoms with Gasteiger partial charge >= 0.3 is 7.69 Å². The molecule has 2 rings (SSSR count). The lowest BCUT2D eigenvalue weighted by atomic mass is 10.2. The van der Waals surface area contributed by atoms with Crippen LogP contribution in [0, 0.1) is 0 Å². The molecule has 15 heavy (non-hydrogen) atoms. The molecule has 1 aromatic carbocycles. The standard InChI is InChI=1S/C10H13BNO2S/c13-11-14-10-3-1-9(2-4-10)12-5-7-15-8-6-12/h1-4,13H,5-8H2. The van der Waals surface area contributed by atoms with Gasteiger partial charge in [0.1, 0.15) is 5.75 Å². The molecule has 3 nitrogen and oxygen atoms in total. The summed E-state index contributed by atoms with van der Waals surface area (Å²) < 4.78 is 4.86. The number of hydrogen-bond acceptors (Lipinski definition) is 4. The van der Waals surface area contributed by atoms with Gasteiger partial charge in [-0.15, -0.1) is 0 Å². The molecule has 0 spiro atoms. The van der Waals surface area contributed by atoms with E-state index in [1.165, 1.54) is 17.2 Å². The van der Waals surface area contributed by atoms with Gasteiger partial charge in [0, 0.05) is 30.3 Å². The summed E-state index contributed by atoms with van der Waals surface area (Å²) in [6.07, 6.45) is 0. The van der Waals surface area contributed by atoms with E-state index in [2.05, 4.69) is 4.90 Å². The smallest absolute Gasteiger partial charge is 0.537 e. The lowest BCUT2D eigenvalue weighted by Gasteiger charge is -2.28. The maximum absolute atomic E-state index is 8.48. The second-order valence-electron chi connectivity index (χ2n) is 3.32. The Balaban J connectivity index is 2.02. The Bertz CT molecular complexity index is 301. The van der Waals surface area contributed by atoms with Gasteiger partial charge in [0.25, 0.3) is 0 Å². The molecule has 1 aromatic rings. The molecule has 0 aromatic heterocycles. The fourth-order valence-corrected chi connectivity index (χ4v) is 2.52. The van der Waals surface area contributed by atoms with Crippen LogP contribution in [-0.2, 0) is 0 Å². The third-order valence-corrected chi connectivity index (χ3v) is 3.34. The van der Waals surface area contributed by atoms with E-state index < -0.39 is 0 Å². The minimum atomic E-state index is 0.660. The van der Waals surface area contributed by atoms with E-state index >= 15 is 0 Å². The highest BCUT2D eigenvalue weighted by Crippen LogP contribution is 2.22. The number of benzene rings is 1. The maximum atomic E-state index is 8.48. The van der Waals surface area contributed by atoms with Crippen LogP contribution in [0.4, 0.5) is 5.69 Å². The number of nitrogens with zero attached hydrogens (tertiary/aromatic N) is 1. The molecule has 0 unspecified atom stereocenters. The molecule has 0 amide bonds. The van der Waals surface area contributed by atoms with Gasteiger partial charge in [-0.1, -0.05) is 0 Å². The monoisotopic (exact) mass is 222 g/mol. The average molecular weight is 222 g/mol. The lowest BCUT2D eigenvalue weighted by molar-refractivity contribution is 0.454. The van der Waals surface area contributed by atoms with Gasteiger partial charge in [-0.3, -0.25) is 0 Å². The van der Waals surface area contributed by atoms with Crippen molar-refractivity contribution in [1.29, 1.82) is 0 Å². The molecule has 1 radical (unpaired) electrons. The Morgan fingerprint density at radius 2 is 1.87 bits per heavy atom. The zero-order chi connectivity index (χ0) is 10.5. The lowest BCUT2D eigenvalue weighted by Crippen LogP contribution is -2.32.